The van der Waals surface area contributed by atoms with Crippen LogP contribution in [-0.4, -0.2) is 36.9 Å². The summed E-state index contributed by atoms with van der Waals surface area (Å²) in [4.78, 5) is 11.7. The molecule has 2 fully saturated rings. The molecule has 0 radical (unpaired) electrons. The van der Waals surface area contributed by atoms with Gasteiger partial charge in [0.05, 0.1) is 17.8 Å². The quantitative estimate of drug-likeness (QED) is 0.833. The highest BCUT2D eigenvalue weighted by Crippen LogP contribution is 2.28. The number of hydrogen-bond acceptors (Lipinski definition) is 3. The third-order valence-corrected chi connectivity index (χ3v) is 4.08. The Morgan fingerprint density at radius 1 is 1.26 bits per heavy atom. The van der Waals surface area contributed by atoms with E-state index in [2.05, 4.69) is 19.2 Å². The molecule has 4 nitrogen and oxygen atoms in total. The zero-order valence-corrected chi connectivity index (χ0v) is 12.2. The fraction of sp³-hybridized carbons (Fsp3) is 0.933. The van der Waals surface area contributed by atoms with E-state index in [1.807, 2.05) is 0 Å². The van der Waals surface area contributed by atoms with Crippen molar-refractivity contribution in [2.75, 3.05) is 13.2 Å². The van der Waals surface area contributed by atoms with Crippen molar-refractivity contribution in [2.24, 2.45) is 0 Å². The van der Waals surface area contributed by atoms with Crippen LogP contribution in [-0.2, 0) is 14.3 Å². The first kappa shape index (κ1) is 14.8. The monoisotopic (exact) mass is 269 g/mol. The first-order chi connectivity index (χ1) is 9.05. The molecule has 19 heavy (non-hydrogen) atoms. The van der Waals surface area contributed by atoms with Gasteiger partial charge < -0.3 is 14.8 Å². The smallest absolute Gasteiger partial charge is 0.246 e. The molecule has 1 heterocycles. The van der Waals surface area contributed by atoms with Gasteiger partial charge in [0.15, 0.2) is 0 Å². The topological polar surface area (TPSA) is 47.6 Å². The van der Waals surface area contributed by atoms with Crippen molar-refractivity contribution in [1.29, 1.82) is 0 Å². The van der Waals surface area contributed by atoms with E-state index in [9.17, 15) is 4.79 Å². The zero-order valence-electron chi connectivity index (χ0n) is 12.2. The van der Waals surface area contributed by atoms with Gasteiger partial charge >= 0.3 is 0 Å². The van der Waals surface area contributed by atoms with Gasteiger partial charge in [-0.1, -0.05) is 19.3 Å². The van der Waals surface area contributed by atoms with Crippen molar-refractivity contribution in [3.8, 4) is 0 Å². The highest BCUT2D eigenvalue weighted by Gasteiger charge is 2.31. The minimum atomic E-state index is -0.0337. The maximum absolute atomic E-state index is 11.7. The second-order valence-corrected chi connectivity index (χ2v) is 6.41. The average Bonchev–Trinajstić information content (AvgIpc) is 2.75. The Kier molecular flexibility index (Phi) is 5.22. The number of ether oxygens (including phenoxy) is 2. The molecule has 0 aromatic heterocycles. The lowest BCUT2D eigenvalue weighted by atomic mass is 9.98. The fourth-order valence-corrected chi connectivity index (χ4v) is 2.93. The van der Waals surface area contributed by atoms with Gasteiger partial charge in [-0.2, -0.15) is 0 Å². The van der Waals surface area contributed by atoms with Gasteiger partial charge in [0, 0.05) is 6.54 Å². The van der Waals surface area contributed by atoms with Gasteiger partial charge in [-0.15, -0.1) is 0 Å². The van der Waals surface area contributed by atoms with Crippen molar-refractivity contribution in [1.82, 2.24) is 5.32 Å². The van der Waals surface area contributed by atoms with Crippen LogP contribution in [0.1, 0.15) is 58.8 Å². The Labute approximate surface area is 116 Å². The molecule has 0 spiro atoms. The molecule has 1 atom stereocenters. The van der Waals surface area contributed by atoms with E-state index < -0.39 is 0 Å². The number of amides is 1. The SMILES string of the molecule is CC1(C)CC[C@H](CNC(=O)COC2CCCCC2)O1. The molecule has 1 N–H and O–H groups in total. The molecule has 1 aliphatic carbocycles. The van der Waals surface area contributed by atoms with Crippen LogP contribution in [0.15, 0.2) is 0 Å². The van der Waals surface area contributed by atoms with Crippen LogP contribution >= 0.6 is 0 Å². The van der Waals surface area contributed by atoms with Crippen LogP contribution in [0.3, 0.4) is 0 Å². The summed E-state index contributed by atoms with van der Waals surface area (Å²) in [7, 11) is 0. The second-order valence-electron chi connectivity index (χ2n) is 6.41. The summed E-state index contributed by atoms with van der Waals surface area (Å²) in [5.74, 6) is -0.0149. The van der Waals surface area contributed by atoms with E-state index in [0.717, 1.165) is 25.7 Å². The maximum Gasteiger partial charge on any atom is 0.246 e. The maximum atomic E-state index is 11.7. The number of hydrogen-bond donors (Lipinski definition) is 1. The Morgan fingerprint density at radius 2 is 2.00 bits per heavy atom. The van der Waals surface area contributed by atoms with Crippen molar-refractivity contribution < 1.29 is 14.3 Å². The first-order valence-electron chi connectivity index (χ1n) is 7.61. The zero-order chi connectivity index (χ0) is 13.7. The molecule has 0 unspecified atom stereocenters. The fourth-order valence-electron chi connectivity index (χ4n) is 2.93. The summed E-state index contributed by atoms with van der Waals surface area (Å²) in [5.41, 5.74) is -0.0337. The Balaban J connectivity index is 1.57. The summed E-state index contributed by atoms with van der Waals surface area (Å²) < 4.78 is 11.5. The van der Waals surface area contributed by atoms with Crippen LogP contribution in [0.5, 0.6) is 0 Å². The molecule has 1 aliphatic heterocycles. The lowest BCUT2D eigenvalue weighted by Crippen LogP contribution is -2.36. The summed E-state index contributed by atoms with van der Waals surface area (Å²) >= 11 is 0. The number of carbonyl (C=O) groups is 1. The van der Waals surface area contributed by atoms with Gasteiger partial charge in [0.25, 0.3) is 0 Å². The van der Waals surface area contributed by atoms with E-state index in [0.29, 0.717) is 12.6 Å². The lowest BCUT2D eigenvalue weighted by molar-refractivity contribution is -0.129. The molecule has 0 aromatic rings. The van der Waals surface area contributed by atoms with Crippen LogP contribution in [0.25, 0.3) is 0 Å². The van der Waals surface area contributed by atoms with Gasteiger partial charge in [-0.05, 0) is 39.5 Å². The summed E-state index contributed by atoms with van der Waals surface area (Å²) in [6.07, 6.45) is 8.52. The standard InChI is InChI=1S/C15H27NO3/c1-15(2)9-8-13(19-15)10-16-14(17)11-18-12-6-4-3-5-7-12/h12-13H,3-11H2,1-2H3,(H,16,17)/t13-/m1/s1. The highest BCUT2D eigenvalue weighted by atomic mass is 16.5. The molecule has 110 valence electrons. The lowest BCUT2D eigenvalue weighted by Gasteiger charge is -2.22. The Hall–Kier alpha value is -0.610. The normalized spacial score (nSPS) is 27.4. The van der Waals surface area contributed by atoms with Crippen molar-refractivity contribution >= 4 is 5.91 Å². The molecule has 1 saturated heterocycles. The molecule has 0 aromatic carbocycles. The van der Waals surface area contributed by atoms with E-state index >= 15 is 0 Å². The molecular formula is C15H27NO3. The Morgan fingerprint density at radius 3 is 2.63 bits per heavy atom. The first-order valence-corrected chi connectivity index (χ1v) is 7.61. The van der Waals surface area contributed by atoms with Gasteiger partial charge in [-0.3, -0.25) is 4.79 Å². The third kappa shape index (κ3) is 5.11. The number of rotatable bonds is 5. The second kappa shape index (κ2) is 6.71. The summed E-state index contributed by atoms with van der Waals surface area (Å²) in [6.45, 7) is 5.00. The van der Waals surface area contributed by atoms with Crippen LogP contribution < -0.4 is 5.32 Å². The minimum Gasteiger partial charge on any atom is -0.371 e. The van der Waals surface area contributed by atoms with E-state index in [1.165, 1.54) is 19.3 Å². The molecule has 1 saturated carbocycles. The average molecular weight is 269 g/mol. The van der Waals surface area contributed by atoms with Crippen molar-refractivity contribution in [3.05, 3.63) is 0 Å². The molecular weight excluding hydrogens is 242 g/mol. The van der Waals surface area contributed by atoms with Crippen LogP contribution in [0.4, 0.5) is 0 Å². The van der Waals surface area contributed by atoms with Crippen molar-refractivity contribution in [2.45, 2.75) is 76.6 Å². The van der Waals surface area contributed by atoms with Gasteiger partial charge in [0.1, 0.15) is 6.61 Å². The van der Waals surface area contributed by atoms with Crippen molar-refractivity contribution in [3.63, 3.8) is 0 Å². The molecule has 2 aliphatic rings. The largest absolute Gasteiger partial charge is 0.371 e. The number of nitrogens with one attached hydrogen (secondary N) is 1. The molecule has 4 heteroatoms. The predicted molar refractivity (Wildman–Crippen MR) is 74.0 cm³/mol. The van der Waals surface area contributed by atoms with Gasteiger partial charge in [0.2, 0.25) is 5.91 Å². The van der Waals surface area contributed by atoms with Crippen LogP contribution in [0.2, 0.25) is 0 Å². The molecule has 1 amide bonds. The number of carbonyl (C=O) groups excluding carboxylic acids is 1. The van der Waals surface area contributed by atoms with E-state index in [1.54, 1.807) is 0 Å². The molecule has 2 rings (SSSR count). The highest BCUT2D eigenvalue weighted by molar-refractivity contribution is 5.77. The van der Waals surface area contributed by atoms with Gasteiger partial charge in [-0.25, -0.2) is 0 Å². The predicted octanol–water partition coefficient (Wildman–Crippen LogP) is 2.41. The van der Waals surface area contributed by atoms with Crippen LogP contribution in [0, 0.1) is 0 Å². The minimum absolute atomic E-state index is 0.0149. The molecule has 0 bridgehead atoms. The van der Waals surface area contributed by atoms with E-state index in [-0.39, 0.29) is 24.2 Å². The third-order valence-electron chi connectivity index (χ3n) is 4.08. The summed E-state index contributed by atoms with van der Waals surface area (Å²) in [5, 5.41) is 2.91. The Bertz CT molecular complexity index is 298. The van der Waals surface area contributed by atoms with E-state index in [4.69, 9.17) is 9.47 Å². The summed E-state index contributed by atoms with van der Waals surface area (Å²) in [6, 6.07) is 0.